The zero-order valence-corrected chi connectivity index (χ0v) is 10.9. The predicted octanol–water partition coefficient (Wildman–Crippen LogP) is 1.95. The molecule has 2 heterocycles. The van der Waals surface area contributed by atoms with Crippen LogP contribution in [0.5, 0.6) is 0 Å². The summed E-state index contributed by atoms with van der Waals surface area (Å²) in [6, 6.07) is 0.392. The van der Waals surface area contributed by atoms with Gasteiger partial charge in [-0.1, -0.05) is 12.8 Å². The number of halogens is 1. The van der Waals surface area contributed by atoms with Crippen LogP contribution in [0.15, 0.2) is 16.9 Å². The standard InChI is InChI=1S/C11H17BrN4/c12-9-7-14-11(15-8-9)16-5-3-1-2-4-10(16)6-13/h7-8,10H,1-6,13H2. The van der Waals surface area contributed by atoms with Crippen molar-refractivity contribution in [1.82, 2.24) is 9.97 Å². The molecule has 16 heavy (non-hydrogen) atoms. The van der Waals surface area contributed by atoms with Gasteiger partial charge in [0.15, 0.2) is 0 Å². The number of hydrogen-bond acceptors (Lipinski definition) is 4. The molecule has 1 fully saturated rings. The van der Waals surface area contributed by atoms with Gasteiger partial charge < -0.3 is 10.6 Å². The molecule has 88 valence electrons. The van der Waals surface area contributed by atoms with Crippen molar-refractivity contribution < 1.29 is 0 Å². The average molecular weight is 285 g/mol. The minimum Gasteiger partial charge on any atom is -0.337 e. The molecule has 0 aliphatic carbocycles. The lowest BCUT2D eigenvalue weighted by Crippen LogP contribution is -2.41. The molecule has 0 amide bonds. The molecule has 1 aromatic heterocycles. The van der Waals surface area contributed by atoms with Crippen LogP contribution in [0.3, 0.4) is 0 Å². The quantitative estimate of drug-likeness (QED) is 0.902. The zero-order chi connectivity index (χ0) is 11.4. The lowest BCUT2D eigenvalue weighted by atomic mass is 10.1. The molecule has 1 aromatic rings. The molecule has 0 saturated carbocycles. The van der Waals surface area contributed by atoms with Gasteiger partial charge in [0, 0.05) is 31.5 Å². The Hall–Kier alpha value is -0.680. The molecule has 0 radical (unpaired) electrons. The molecular formula is C11H17BrN4. The fourth-order valence-electron chi connectivity index (χ4n) is 2.14. The molecule has 1 aliphatic heterocycles. The first kappa shape index (κ1) is 11.8. The minimum atomic E-state index is 0.392. The van der Waals surface area contributed by atoms with E-state index in [1.807, 2.05) is 0 Å². The number of hydrogen-bond donors (Lipinski definition) is 1. The van der Waals surface area contributed by atoms with Crippen molar-refractivity contribution in [3.8, 4) is 0 Å². The minimum absolute atomic E-state index is 0.392. The third-order valence-corrected chi connectivity index (χ3v) is 3.42. The van der Waals surface area contributed by atoms with Crippen LogP contribution < -0.4 is 10.6 Å². The average Bonchev–Trinajstić information content (AvgIpc) is 2.55. The lowest BCUT2D eigenvalue weighted by molar-refractivity contribution is 0.570. The van der Waals surface area contributed by atoms with E-state index < -0.39 is 0 Å². The number of aromatic nitrogens is 2. The first-order valence-electron chi connectivity index (χ1n) is 5.75. The summed E-state index contributed by atoms with van der Waals surface area (Å²) in [4.78, 5) is 11.0. The highest BCUT2D eigenvalue weighted by Gasteiger charge is 2.21. The molecular weight excluding hydrogens is 268 g/mol. The van der Waals surface area contributed by atoms with Crippen LogP contribution in [0.2, 0.25) is 0 Å². The fraction of sp³-hybridized carbons (Fsp3) is 0.636. The molecule has 2 N–H and O–H groups in total. The Balaban J connectivity index is 2.18. The summed E-state index contributed by atoms with van der Waals surface area (Å²) in [7, 11) is 0. The van der Waals surface area contributed by atoms with E-state index in [9.17, 15) is 0 Å². The van der Waals surface area contributed by atoms with Gasteiger partial charge in [0.1, 0.15) is 0 Å². The summed E-state index contributed by atoms with van der Waals surface area (Å²) in [5.74, 6) is 0.806. The van der Waals surface area contributed by atoms with Gasteiger partial charge in [-0.3, -0.25) is 0 Å². The second-order valence-electron chi connectivity index (χ2n) is 4.13. The third kappa shape index (κ3) is 2.71. The van der Waals surface area contributed by atoms with Crippen molar-refractivity contribution in [2.24, 2.45) is 5.73 Å². The molecule has 5 heteroatoms. The Kier molecular flexibility index (Phi) is 4.12. The number of nitrogens with two attached hydrogens (primary N) is 1. The Labute approximate surface area is 104 Å². The second-order valence-corrected chi connectivity index (χ2v) is 5.05. The van der Waals surface area contributed by atoms with Crippen molar-refractivity contribution in [1.29, 1.82) is 0 Å². The molecule has 1 saturated heterocycles. The maximum Gasteiger partial charge on any atom is 0.225 e. The van der Waals surface area contributed by atoms with Crippen LogP contribution in [-0.4, -0.2) is 29.1 Å². The van der Waals surface area contributed by atoms with Crippen molar-refractivity contribution >= 4 is 21.9 Å². The van der Waals surface area contributed by atoms with E-state index >= 15 is 0 Å². The van der Waals surface area contributed by atoms with Crippen LogP contribution in [0, 0.1) is 0 Å². The van der Waals surface area contributed by atoms with Gasteiger partial charge in [0.05, 0.1) is 4.47 Å². The van der Waals surface area contributed by atoms with E-state index in [0.29, 0.717) is 12.6 Å². The Morgan fingerprint density at radius 1 is 1.31 bits per heavy atom. The highest BCUT2D eigenvalue weighted by atomic mass is 79.9. The maximum atomic E-state index is 5.82. The van der Waals surface area contributed by atoms with Gasteiger partial charge in [-0.2, -0.15) is 0 Å². The molecule has 0 bridgehead atoms. The summed E-state index contributed by atoms with van der Waals surface area (Å²) >= 11 is 3.35. The van der Waals surface area contributed by atoms with Gasteiger partial charge in [0.25, 0.3) is 0 Å². The molecule has 1 atom stereocenters. The predicted molar refractivity (Wildman–Crippen MR) is 68.4 cm³/mol. The normalized spacial score (nSPS) is 21.9. The van der Waals surface area contributed by atoms with Gasteiger partial charge in [-0.05, 0) is 28.8 Å². The van der Waals surface area contributed by atoms with Crippen LogP contribution in [-0.2, 0) is 0 Å². The molecule has 4 nitrogen and oxygen atoms in total. The van der Waals surface area contributed by atoms with E-state index in [4.69, 9.17) is 5.73 Å². The van der Waals surface area contributed by atoms with Gasteiger partial charge in [-0.15, -0.1) is 0 Å². The first-order chi connectivity index (χ1) is 7.81. The Bertz CT molecular complexity index is 327. The highest BCUT2D eigenvalue weighted by Crippen LogP contribution is 2.21. The third-order valence-electron chi connectivity index (χ3n) is 3.01. The van der Waals surface area contributed by atoms with E-state index in [-0.39, 0.29) is 0 Å². The molecule has 2 rings (SSSR count). The monoisotopic (exact) mass is 284 g/mol. The summed E-state index contributed by atoms with van der Waals surface area (Å²) in [6.45, 7) is 1.70. The van der Waals surface area contributed by atoms with Crippen molar-refractivity contribution in [3.63, 3.8) is 0 Å². The first-order valence-corrected chi connectivity index (χ1v) is 6.55. The van der Waals surface area contributed by atoms with Crippen LogP contribution in [0.1, 0.15) is 25.7 Å². The van der Waals surface area contributed by atoms with Gasteiger partial charge >= 0.3 is 0 Å². The van der Waals surface area contributed by atoms with Crippen molar-refractivity contribution in [3.05, 3.63) is 16.9 Å². The molecule has 0 spiro atoms. The largest absolute Gasteiger partial charge is 0.337 e. The van der Waals surface area contributed by atoms with Gasteiger partial charge in [-0.25, -0.2) is 9.97 Å². The maximum absolute atomic E-state index is 5.82. The summed E-state index contributed by atoms with van der Waals surface area (Å²) in [5.41, 5.74) is 5.82. The van der Waals surface area contributed by atoms with Gasteiger partial charge in [0.2, 0.25) is 5.95 Å². The fourth-order valence-corrected chi connectivity index (χ4v) is 2.34. The second kappa shape index (κ2) is 5.59. The number of rotatable bonds is 2. The lowest BCUT2D eigenvalue weighted by Gasteiger charge is -2.28. The molecule has 0 aromatic carbocycles. The van der Waals surface area contributed by atoms with Crippen molar-refractivity contribution in [2.75, 3.05) is 18.0 Å². The smallest absolute Gasteiger partial charge is 0.225 e. The topological polar surface area (TPSA) is 55.0 Å². The summed E-state index contributed by atoms with van der Waals surface area (Å²) < 4.78 is 0.912. The van der Waals surface area contributed by atoms with Crippen molar-refractivity contribution in [2.45, 2.75) is 31.7 Å². The van der Waals surface area contributed by atoms with Crippen LogP contribution in [0.4, 0.5) is 5.95 Å². The van der Waals surface area contributed by atoms with E-state index in [1.54, 1.807) is 12.4 Å². The zero-order valence-electron chi connectivity index (χ0n) is 9.27. The van der Waals surface area contributed by atoms with Crippen LogP contribution >= 0.6 is 15.9 Å². The number of nitrogens with zero attached hydrogens (tertiary/aromatic N) is 3. The highest BCUT2D eigenvalue weighted by molar-refractivity contribution is 9.10. The number of anilines is 1. The Morgan fingerprint density at radius 3 is 2.75 bits per heavy atom. The van der Waals surface area contributed by atoms with E-state index in [0.717, 1.165) is 23.4 Å². The Morgan fingerprint density at radius 2 is 2.06 bits per heavy atom. The summed E-state index contributed by atoms with van der Waals surface area (Å²) in [6.07, 6.45) is 8.48. The van der Waals surface area contributed by atoms with E-state index in [1.165, 1.54) is 19.3 Å². The molecule has 1 unspecified atom stereocenters. The molecule has 1 aliphatic rings. The SMILES string of the molecule is NCC1CCCCCN1c1ncc(Br)cn1. The summed E-state index contributed by atoms with van der Waals surface area (Å²) in [5, 5.41) is 0. The van der Waals surface area contributed by atoms with E-state index in [2.05, 4.69) is 30.8 Å². The van der Waals surface area contributed by atoms with Crippen LogP contribution in [0.25, 0.3) is 0 Å².